The van der Waals surface area contributed by atoms with Crippen LogP contribution in [0.15, 0.2) is 27.8 Å². The number of nitrogens with zero attached hydrogens (tertiary/aromatic N) is 1. The Hall–Kier alpha value is -0.0600. The van der Waals surface area contributed by atoms with Gasteiger partial charge in [0.25, 0.3) is 0 Å². The molecular formula is C10H13BrN2S. The van der Waals surface area contributed by atoms with Crippen molar-refractivity contribution in [2.45, 2.75) is 35.6 Å². The summed E-state index contributed by atoms with van der Waals surface area (Å²) in [7, 11) is 0. The van der Waals surface area contributed by atoms with Crippen molar-refractivity contribution in [2.75, 3.05) is 0 Å². The Morgan fingerprint density at radius 1 is 1.43 bits per heavy atom. The third kappa shape index (κ3) is 2.49. The lowest BCUT2D eigenvalue weighted by molar-refractivity contribution is 0.715. The summed E-state index contributed by atoms with van der Waals surface area (Å²) in [5, 5.41) is 1.64. The summed E-state index contributed by atoms with van der Waals surface area (Å²) in [4.78, 5) is 4.34. The summed E-state index contributed by atoms with van der Waals surface area (Å²) in [5.74, 6) is 0. The van der Waals surface area contributed by atoms with Crippen LogP contribution in [0.5, 0.6) is 0 Å². The average molecular weight is 273 g/mol. The van der Waals surface area contributed by atoms with Gasteiger partial charge in [-0.15, -0.1) is 11.8 Å². The van der Waals surface area contributed by atoms with Crippen molar-refractivity contribution < 1.29 is 0 Å². The highest BCUT2D eigenvalue weighted by Crippen LogP contribution is 2.33. The fourth-order valence-corrected chi connectivity index (χ4v) is 3.09. The summed E-state index contributed by atoms with van der Waals surface area (Å²) in [6, 6.07) is 4.42. The van der Waals surface area contributed by atoms with E-state index in [4.69, 9.17) is 5.73 Å². The van der Waals surface area contributed by atoms with E-state index >= 15 is 0 Å². The molecule has 1 aliphatic rings. The van der Waals surface area contributed by atoms with Crippen LogP contribution in [0.4, 0.5) is 0 Å². The maximum Gasteiger partial charge on any atom is 0.0963 e. The molecule has 1 aromatic rings. The molecular weight excluding hydrogens is 260 g/mol. The van der Waals surface area contributed by atoms with Gasteiger partial charge in [0.05, 0.1) is 5.03 Å². The molecule has 2 rings (SSSR count). The predicted octanol–water partition coefficient (Wildman–Crippen LogP) is 2.82. The number of pyridine rings is 1. The van der Waals surface area contributed by atoms with Gasteiger partial charge in [0.1, 0.15) is 0 Å². The molecule has 0 bridgehead atoms. The summed E-state index contributed by atoms with van der Waals surface area (Å²) < 4.78 is 1.03. The fraction of sp³-hybridized carbons (Fsp3) is 0.500. The third-order valence-electron chi connectivity index (χ3n) is 2.48. The summed E-state index contributed by atoms with van der Waals surface area (Å²) in [5.41, 5.74) is 6.00. The number of hydrogen-bond acceptors (Lipinski definition) is 3. The first-order valence-corrected chi connectivity index (χ1v) is 6.47. The van der Waals surface area contributed by atoms with Gasteiger partial charge in [0, 0.05) is 22.0 Å². The van der Waals surface area contributed by atoms with E-state index in [9.17, 15) is 0 Å². The smallest absolute Gasteiger partial charge is 0.0963 e. The van der Waals surface area contributed by atoms with E-state index in [2.05, 4.69) is 20.9 Å². The van der Waals surface area contributed by atoms with Crippen LogP contribution < -0.4 is 5.73 Å². The summed E-state index contributed by atoms with van der Waals surface area (Å²) in [6.45, 7) is 0. The Morgan fingerprint density at radius 3 is 2.86 bits per heavy atom. The van der Waals surface area contributed by atoms with Crippen LogP contribution in [-0.4, -0.2) is 16.3 Å². The zero-order chi connectivity index (χ0) is 9.97. The molecule has 0 aromatic carbocycles. The Labute approximate surface area is 96.8 Å². The van der Waals surface area contributed by atoms with Crippen molar-refractivity contribution in [3.63, 3.8) is 0 Å². The van der Waals surface area contributed by atoms with E-state index in [1.54, 1.807) is 0 Å². The standard InChI is InChI=1S/C10H13BrN2S/c11-7-4-5-10(13-6-7)14-9-3-1-2-8(9)12/h4-6,8-9H,1-3,12H2. The first-order valence-electron chi connectivity index (χ1n) is 4.79. The van der Waals surface area contributed by atoms with Crippen LogP contribution in [-0.2, 0) is 0 Å². The maximum atomic E-state index is 6.00. The lowest BCUT2D eigenvalue weighted by Gasteiger charge is -2.13. The highest BCUT2D eigenvalue weighted by Gasteiger charge is 2.24. The van der Waals surface area contributed by atoms with E-state index in [1.807, 2.05) is 30.1 Å². The van der Waals surface area contributed by atoms with Gasteiger partial charge in [0.15, 0.2) is 0 Å². The van der Waals surface area contributed by atoms with E-state index < -0.39 is 0 Å². The van der Waals surface area contributed by atoms with Crippen LogP contribution in [0.3, 0.4) is 0 Å². The van der Waals surface area contributed by atoms with Crippen LogP contribution in [0, 0.1) is 0 Å². The van der Waals surface area contributed by atoms with E-state index in [1.165, 1.54) is 12.8 Å². The second-order valence-corrected chi connectivity index (χ2v) is 5.74. The summed E-state index contributed by atoms with van der Waals surface area (Å²) in [6.07, 6.45) is 5.48. The van der Waals surface area contributed by atoms with Crippen molar-refractivity contribution in [3.8, 4) is 0 Å². The molecule has 14 heavy (non-hydrogen) atoms. The van der Waals surface area contributed by atoms with Gasteiger partial charge in [-0.1, -0.05) is 6.42 Å². The van der Waals surface area contributed by atoms with Crippen molar-refractivity contribution >= 4 is 27.7 Å². The molecule has 0 amide bonds. The Balaban J connectivity index is 2.00. The number of nitrogens with two attached hydrogens (primary N) is 1. The number of rotatable bonds is 2. The van der Waals surface area contributed by atoms with Gasteiger partial charge in [-0.3, -0.25) is 0 Å². The van der Waals surface area contributed by atoms with Crippen molar-refractivity contribution in [1.29, 1.82) is 0 Å². The lowest BCUT2D eigenvalue weighted by atomic mass is 10.3. The summed E-state index contributed by atoms with van der Waals surface area (Å²) >= 11 is 5.18. The van der Waals surface area contributed by atoms with Crippen LogP contribution in [0.2, 0.25) is 0 Å². The minimum absolute atomic E-state index is 0.352. The van der Waals surface area contributed by atoms with Crippen LogP contribution >= 0.6 is 27.7 Å². The maximum absolute atomic E-state index is 6.00. The molecule has 1 fully saturated rings. The number of halogens is 1. The van der Waals surface area contributed by atoms with Gasteiger partial charge >= 0.3 is 0 Å². The van der Waals surface area contributed by atoms with Crippen molar-refractivity contribution in [3.05, 3.63) is 22.8 Å². The average Bonchev–Trinajstić information content (AvgIpc) is 2.56. The molecule has 1 aromatic heterocycles. The predicted molar refractivity (Wildman–Crippen MR) is 63.4 cm³/mol. The highest BCUT2D eigenvalue weighted by molar-refractivity contribution is 9.10. The molecule has 1 heterocycles. The quantitative estimate of drug-likeness (QED) is 0.900. The number of hydrogen-bond donors (Lipinski definition) is 1. The molecule has 2 N–H and O–H groups in total. The zero-order valence-corrected chi connectivity index (χ0v) is 10.2. The Kier molecular flexibility index (Phi) is 3.47. The Bertz CT molecular complexity index is 301. The van der Waals surface area contributed by atoms with Crippen LogP contribution in [0.25, 0.3) is 0 Å². The topological polar surface area (TPSA) is 38.9 Å². The largest absolute Gasteiger partial charge is 0.327 e. The molecule has 2 nitrogen and oxygen atoms in total. The monoisotopic (exact) mass is 272 g/mol. The SMILES string of the molecule is NC1CCCC1Sc1ccc(Br)cn1. The van der Waals surface area contributed by atoms with Crippen molar-refractivity contribution in [1.82, 2.24) is 4.98 Å². The first-order chi connectivity index (χ1) is 6.75. The minimum atomic E-state index is 0.352. The molecule has 1 saturated carbocycles. The molecule has 2 atom stereocenters. The molecule has 0 spiro atoms. The van der Waals surface area contributed by atoms with Gasteiger partial charge in [-0.05, 0) is 40.9 Å². The molecule has 0 aliphatic heterocycles. The van der Waals surface area contributed by atoms with E-state index in [0.717, 1.165) is 15.9 Å². The lowest BCUT2D eigenvalue weighted by Crippen LogP contribution is -2.26. The minimum Gasteiger partial charge on any atom is -0.327 e. The molecule has 0 saturated heterocycles. The molecule has 1 aliphatic carbocycles. The molecule has 0 radical (unpaired) electrons. The molecule has 2 unspecified atom stereocenters. The highest BCUT2D eigenvalue weighted by atomic mass is 79.9. The first kappa shape index (κ1) is 10.5. The number of aromatic nitrogens is 1. The van der Waals surface area contributed by atoms with E-state index in [-0.39, 0.29) is 0 Å². The van der Waals surface area contributed by atoms with Crippen LogP contribution in [0.1, 0.15) is 19.3 Å². The van der Waals surface area contributed by atoms with Gasteiger partial charge < -0.3 is 5.73 Å². The Morgan fingerprint density at radius 2 is 2.29 bits per heavy atom. The third-order valence-corrected chi connectivity index (χ3v) is 4.32. The van der Waals surface area contributed by atoms with Crippen molar-refractivity contribution in [2.24, 2.45) is 5.73 Å². The normalized spacial score (nSPS) is 26.7. The second kappa shape index (κ2) is 4.64. The van der Waals surface area contributed by atoms with Gasteiger partial charge in [0.2, 0.25) is 0 Å². The second-order valence-electron chi connectivity index (χ2n) is 3.57. The molecule has 4 heteroatoms. The fourth-order valence-electron chi connectivity index (χ4n) is 1.69. The van der Waals surface area contributed by atoms with Gasteiger partial charge in [-0.25, -0.2) is 4.98 Å². The molecule has 76 valence electrons. The zero-order valence-electron chi connectivity index (χ0n) is 7.82. The van der Waals surface area contributed by atoms with Gasteiger partial charge in [-0.2, -0.15) is 0 Å². The number of thioether (sulfide) groups is 1. The van der Waals surface area contributed by atoms with E-state index in [0.29, 0.717) is 11.3 Å².